The van der Waals surface area contributed by atoms with Gasteiger partial charge in [0.25, 0.3) is 5.56 Å². The van der Waals surface area contributed by atoms with Crippen LogP contribution in [-0.2, 0) is 22.6 Å². The molecule has 2 aliphatic carbocycles. The number of hydrogen-bond acceptors (Lipinski definition) is 5. The highest BCUT2D eigenvalue weighted by atomic mass is 16.5. The van der Waals surface area contributed by atoms with Gasteiger partial charge in [-0.15, -0.1) is 0 Å². The summed E-state index contributed by atoms with van der Waals surface area (Å²) in [5.74, 6) is 2.12. The Hall–Kier alpha value is -2.64. The summed E-state index contributed by atoms with van der Waals surface area (Å²) < 4.78 is 7.71. The molecule has 8 nitrogen and oxygen atoms in total. The van der Waals surface area contributed by atoms with Crippen LogP contribution in [0.3, 0.4) is 0 Å². The minimum atomic E-state index is -0.309. The first-order valence-corrected chi connectivity index (χ1v) is 11.5. The molecule has 8 heteroatoms. The molecule has 2 aliphatic rings. The molecular formula is C23H32N4O4. The summed E-state index contributed by atoms with van der Waals surface area (Å²) in [6.07, 6.45) is 9.30. The second kappa shape index (κ2) is 8.85. The van der Waals surface area contributed by atoms with Gasteiger partial charge < -0.3 is 9.72 Å². The molecule has 2 saturated carbocycles. The van der Waals surface area contributed by atoms with Crippen molar-refractivity contribution in [2.75, 3.05) is 7.11 Å². The molecule has 1 N–H and O–H groups in total. The molecule has 4 rings (SSSR count). The number of hydrogen-bond donors (Lipinski definition) is 1. The Balaban J connectivity index is 1.67. The van der Waals surface area contributed by atoms with Crippen molar-refractivity contribution in [1.29, 1.82) is 0 Å². The summed E-state index contributed by atoms with van der Waals surface area (Å²) in [6.45, 7) is 4.93. The Bertz CT molecular complexity index is 1100. The van der Waals surface area contributed by atoms with Gasteiger partial charge in [0.15, 0.2) is 5.65 Å². The van der Waals surface area contributed by atoms with E-state index in [-0.39, 0.29) is 23.1 Å². The Kier molecular flexibility index (Phi) is 6.16. The number of methoxy groups -OCH3 is 1. The van der Waals surface area contributed by atoms with Crippen molar-refractivity contribution in [3.05, 3.63) is 38.8 Å². The van der Waals surface area contributed by atoms with Gasteiger partial charge in [-0.1, -0.05) is 19.9 Å². The molecular weight excluding hydrogens is 396 g/mol. The molecule has 0 aliphatic heterocycles. The van der Waals surface area contributed by atoms with E-state index in [2.05, 4.69) is 4.98 Å². The van der Waals surface area contributed by atoms with Crippen molar-refractivity contribution in [2.24, 2.45) is 17.8 Å². The fourth-order valence-electron chi connectivity index (χ4n) is 5.59. The molecule has 2 atom stereocenters. The largest absolute Gasteiger partial charge is 0.466 e. The molecule has 2 heterocycles. The predicted molar refractivity (Wildman–Crippen MR) is 118 cm³/mol. The second-order valence-electron chi connectivity index (χ2n) is 8.94. The lowest BCUT2D eigenvalue weighted by molar-refractivity contribution is -0.134. The van der Waals surface area contributed by atoms with E-state index >= 15 is 0 Å². The van der Waals surface area contributed by atoms with E-state index in [9.17, 15) is 14.4 Å². The Morgan fingerprint density at radius 1 is 1.13 bits per heavy atom. The first-order chi connectivity index (χ1) is 15.0. The number of esters is 1. The van der Waals surface area contributed by atoms with Gasteiger partial charge in [-0.25, -0.2) is 14.6 Å². The zero-order valence-electron chi connectivity index (χ0n) is 18.6. The van der Waals surface area contributed by atoms with Crippen molar-refractivity contribution < 1.29 is 9.53 Å². The number of nitrogens with one attached hydrogen (secondary N) is 1. The maximum absolute atomic E-state index is 13.0. The van der Waals surface area contributed by atoms with Crippen LogP contribution in [-0.4, -0.2) is 32.2 Å². The van der Waals surface area contributed by atoms with E-state index in [0.29, 0.717) is 42.0 Å². The van der Waals surface area contributed by atoms with E-state index in [1.807, 2.05) is 19.9 Å². The molecule has 0 radical (unpaired) electrons. The Labute approximate surface area is 181 Å². The van der Waals surface area contributed by atoms with Crippen LogP contribution >= 0.6 is 0 Å². The third-order valence-corrected chi connectivity index (χ3v) is 6.99. The number of H-pyrrole nitrogens is 1. The summed E-state index contributed by atoms with van der Waals surface area (Å²) in [7, 11) is 1.40. The van der Waals surface area contributed by atoms with Crippen molar-refractivity contribution in [3.63, 3.8) is 0 Å². The van der Waals surface area contributed by atoms with Gasteiger partial charge >= 0.3 is 11.7 Å². The van der Waals surface area contributed by atoms with Gasteiger partial charge in [0.2, 0.25) is 0 Å². The normalized spacial score (nSPS) is 25.5. The number of fused-ring (bicyclic) bond motifs is 3. The number of ether oxygens (including phenoxy) is 1. The van der Waals surface area contributed by atoms with Crippen LogP contribution < -0.4 is 11.2 Å². The predicted octanol–water partition coefficient (Wildman–Crippen LogP) is 2.96. The van der Waals surface area contributed by atoms with Gasteiger partial charge in [-0.05, 0) is 56.3 Å². The number of aromatic nitrogens is 4. The lowest BCUT2D eigenvalue weighted by Crippen LogP contribution is -2.40. The van der Waals surface area contributed by atoms with Crippen LogP contribution in [0.25, 0.3) is 11.2 Å². The van der Waals surface area contributed by atoms with Crippen molar-refractivity contribution in [3.8, 4) is 0 Å². The molecule has 0 aromatic carbocycles. The van der Waals surface area contributed by atoms with E-state index in [0.717, 1.165) is 44.3 Å². The zero-order chi connectivity index (χ0) is 22.1. The number of carbonyl (C=O) groups excluding carboxylic acids is 1. The highest BCUT2D eigenvalue weighted by Gasteiger charge is 2.42. The molecule has 0 saturated heterocycles. The van der Waals surface area contributed by atoms with E-state index in [4.69, 9.17) is 9.72 Å². The first-order valence-electron chi connectivity index (χ1n) is 11.5. The van der Waals surface area contributed by atoms with Crippen LogP contribution in [0.15, 0.2) is 21.7 Å². The summed E-state index contributed by atoms with van der Waals surface area (Å²) in [6, 6.07) is 0. The molecule has 2 bridgehead atoms. The smallest absolute Gasteiger partial charge is 0.332 e. The zero-order valence-corrected chi connectivity index (χ0v) is 18.6. The van der Waals surface area contributed by atoms with Crippen molar-refractivity contribution >= 4 is 17.1 Å². The molecule has 2 aromatic heterocycles. The highest BCUT2D eigenvalue weighted by Crippen LogP contribution is 2.52. The number of carbonyl (C=O) groups is 1. The van der Waals surface area contributed by atoms with Crippen molar-refractivity contribution in [1.82, 2.24) is 19.1 Å². The van der Waals surface area contributed by atoms with Crippen LogP contribution in [0.4, 0.5) is 0 Å². The van der Waals surface area contributed by atoms with Gasteiger partial charge in [0.05, 0.1) is 7.11 Å². The molecule has 2 aromatic rings. The number of nitrogens with zero attached hydrogens (tertiary/aromatic N) is 3. The lowest BCUT2D eigenvalue weighted by atomic mass is 9.73. The van der Waals surface area contributed by atoms with Crippen LogP contribution in [0.5, 0.6) is 0 Å². The SMILES string of the molecule is CCCn1c(=O)c2[nH]c(C3CC4CCC(C3)C4C=CC(=O)OC)nc2n(CCC)c1=O. The average molecular weight is 429 g/mol. The van der Waals surface area contributed by atoms with E-state index in [1.165, 1.54) is 11.7 Å². The second-order valence-corrected chi connectivity index (χ2v) is 8.94. The average Bonchev–Trinajstić information content (AvgIpc) is 3.31. The van der Waals surface area contributed by atoms with Gasteiger partial charge in [0.1, 0.15) is 11.3 Å². The van der Waals surface area contributed by atoms with Crippen LogP contribution in [0.1, 0.15) is 64.1 Å². The maximum Gasteiger partial charge on any atom is 0.332 e. The Morgan fingerprint density at radius 3 is 2.39 bits per heavy atom. The summed E-state index contributed by atoms with van der Waals surface area (Å²) in [5, 5.41) is 0. The molecule has 31 heavy (non-hydrogen) atoms. The summed E-state index contributed by atoms with van der Waals surface area (Å²) in [5.41, 5.74) is 0.386. The van der Waals surface area contributed by atoms with Gasteiger partial charge in [0, 0.05) is 25.1 Å². The molecule has 2 fully saturated rings. The van der Waals surface area contributed by atoms with Gasteiger partial charge in [-0.2, -0.15) is 0 Å². The number of aryl methyl sites for hydroxylation is 1. The number of imidazole rings is 1. The summed E-state index contributed by atoms with van der Waals surface area (Å²) in [4.78, 5) is 45.5. The quantitative estimate of drug-likeness (QED) is 0.540. The van der Waals surface area contributed by atoms with Crippen molar-refractivity contribution in [2.45, 2.75) is 71.4 Å². The lowest BCUT2D eigenvalue weighted by Gasteiger charge is -2.32. The third-order valence-electron chi connectivity index (χ3n) is 6.99. The molecule has 168 valence electrons. The van der Waals surface area contributed by atoms with E-state index < -0.39 is 0 Å². The Morgan fingerprint density at radius 2 is 1.77 bits per heavy atom. The number of rotatable bonds is 7. The fourth-order valence-corrected chi connectivity index (χ4v) is 5.59. The first kappa shape index (κ1) is 21.6. The third kappa shape index (κ3) is 3.88. The monoisotopic (exact) mass is 428 g/mol. The standard InChI is InChI=1S/C23H32N4O4/c1-4-10-26-21-19(22(29)27(11-5-2)23(26)30)24-20(25-21)16-12-14-6-7-15(13-16)17(14)8-9-18(28)31-3/h8-9,14-17H,4-7,10-13H2,1-3H3,(H,24,25). The molecule has 2 unspecified atom stereocenters. The van der Waals surface area contributed by atoms with Crippen LogP contribution in [0, 0.1) is 17.8 Å². The number of aromatic amines is 1. The maximum atomic E-state index is 13.0. The summed E-state index contributed by atoms with van der Waals surface area (Å²) >= 11 is 0. The fraction of sp³-hybridized carbons (Fsp3) is 0.652. The minimum absolute atomic E-state index is 0.233. The van der Waals surface area contributed by atoms with Crippen LogP contribution in [0.2, 0.25) is 0 Å². The number of allylic oxidation sites excluding steroid dienone is 1. The van der Waals surface area contributed by atoms with E-state index in [1.54, 1.807) is 10.6 Å². The topological polar surface area (TPSA) is 99.0 Å². The highest BCUT2D eigenvalue weighted by molar-refractivity contribution is 5.81. The minimum Gasteiger partial charge on any atom is -0.466 e. The molecule has 0 spiro atoms. The van der Waals surface area contributed by atoms with Gasteiger partial charge in [-0.3, -0.25) is 13.9 Å². The molecule has 0 amide bonds.